The summed E-state index contributed by atoms with van der Waals surface area (Å²) in [6, 6.07) is 2.66. The van der Waals surface area contributed by atoms with Crippen LogP contribution in [0.3, 0.4) is 0 Å². The van der Waals surface area contributed by atoms with Crippen LogP contribution < -0.4 is 0 Å². The summed E-state index contributed by atoms with van der Waals surface area (Å²) in [5, 5.41) is 9.85. The molecule has 3 saturated carbocycles. The fraction of sp³-hybridized carbons (Fsp3) is 0.938. The van der Waals surface area contributed by atoms with Crippen molar-refractivity contribution in [3.05, 3.63) is 0 Å². The van der Waals surface area contributed by atoms with Gasteiger partial charge in [-0.25, -0.2) is 0 Å². The lowest BCUT2D eigenvalue weighted by Crippen LogP contribution is -2.34. The molecular weight excluding hydrogens is 430 g/mol. The zero-order valence-corrected chi connectivity index (χ0v) is 23.2. The lowest BCUT2D eigenvalue weighted by Gasteiger charge is -2.38. The molecule has 0 aromatic carbocycles. The first-order valence-corrected chi connectivity index (χ1v) is 15.7. The predicted molar refractivity (Wildman–Crippen MR) is 145 cm³/mol. The van der Waals surface area contributed by atoms with Crippen LogP contribution in [0.2, 0.25) is 0 Å². The molecule has 3 heteroatoms. The van der Waals surface area contributed by atoms with E-state index in [0.29, 0.717) is 0 Å². The molecule has 0 aliphatic heterocycles. The second-order valence-electron chi connectivity index (χ2n) is 12.6. The van der Waals surface area contributed by atoms with Gasteiger partial charge in [0, 0.05) is 0 Å². The lowest BCUT2D eigenvalue weighted by molar-refractivity contribution is -0.158. The molecule has 3 aliphatic rings. The minimum Gasteiger partial charge on any atom is -0.462 e. The third-order valence-corrected chi connectivity index (χ3v) is 10.0. The molecule has 3 nitrogen and oxygen atoms in total. The van der Waals surface area contributed by atoms with Crippen LogP contribution in [0.5, 0.6) is 0 Å². The Bertz CT molecular complexity index is 628. The molecule has 0 saturated heterocycles. The number of rotatable bonds is 13. The number of esters is 1. The van der Waals surface area contributed by atoms with Crippen molar-refractivity contribution >= 4 is 5.97 Å². The number of carbonyl (C=O) groups is 1. The standard InChI is InChI=1S/C32H55NO2/c1-3-5-7-8-10-22-32(25-33)23-20-30(21-24-32)35-31(34)29-18-16-28(17-19-29)27-14-12-26(13-15-27)11-9-6-4-2/h26-30H,3-24H2,1-2H3/t26-,27-,28?,29?,30?,32?. The Balaban J connectivity index is 1.31. The molecule has 0 amide bonds. The molecule has 3 rings (SSSR count). The molecule has 0 aromatic rings. The highest BCUT2D eigenvalue weighted by Gasteiger charge is 2.38. The van der Waals surface area contributed by atoms with E-state index in [-0.39, 0.29) is 23.4 Å². The quantitative estimate of drug-likeness (QED) is 0.193. The summed E-state index contributed by atoms with van der Waals surface area (Å²) in [5.74, 6) is 2.93. The van der Waals surface area contributed by atoms with Gasteiger partial charge in [-0.15, -0.1) is 0 Å². The highest BCUT2D eigenvalue weighted by Crippen LogP contribution is 2.44. The van der Waals surface area contributed by atoms with Gasteiger partial charge in [-0.05, 0) is 88.4 Å². The molecule has 200 valence electrons. The molecule has 0 N–H and O–H groups in total. The van der Waals surface area contributed by atoms with Crippen molar-refractivity contribution in [2.24, 2.45) is 29.1 Å². The van der Waals surface area contributed by atoms with Crippen molar-refractivity contribution in [1.29, 1.82) is 5.26 Å². The first-order chi connectivity index (χ1) is 17.1. The van der Waals surface area contributed by atoms with Crippen LogP contribution in [-0.2, 0) is 9.53 Å². The SMILES string of the molecule is CCCCCCCC1(C#N)CCC(OC(=O)C2CCC([C@H]3CC[C@H](CCCCC)CC3)CC2)CC1. The van der Waals surface area contributed by atoms with Crippen LogP contribution in [0.4, 0.5) is 0 Å². The number of nitrogens with zero attached hydrogens (tertiary/aromatic N) is 1. The first kappa shape index (κ1) is 28.5. The van der Waals surface area contributed by atoms with Gasteiger partial charge in [0.1, 0.15) is 6.10 Å². The fourth-order valence-corrected chi connectivity index (χ4v) is 7.46. The third kappa shape index (κ3) is 9.09. The number of nitriles is 1. The third-order valence-electron chi connectivity index (χ3n) is 10.0. The van der Waals surface area contributed by atoms with E-state index in [1.165, 1.54) is 96.3 Å². The summed E-state index contributed by atoms with van der Waals surface area (Å²) in [5.41, 5.74) is -0.164. The van der Waals surface area contributed by atoms with Crippen LogP contribution in [0.1, 0.15) is 155 Å². The van der Waals surface area contributed by atoms with Crippen molar-refractivity contribution in [3.63, 3.8) is 0 Å². The molecule has 0 atom stereocenters. The zero-order chi connectivity index (χ0) is 24.9. The van der Waals surface area contributed by atoms with Gasteiger partial charge in [0.05, 0.1) is 17.4 Å². The summed E-state index contributed by atoms with van der Waals surface area (Å²) in [4.78, 5) is 12.9. The highest BCUT2D eigenvalue weighted by atomic mass is 16.5. The number of hydrogen-bond donors (Lipinski definition) is 0. The smallest absolute Gasteiger partial charge is 0.309 e. The maximum atomic E-state index is 12.9. The maximum absolute atomic E-state index is 12.9. The summed E-state index contributed by atoms with van der Waals surface area (Å²) >= 11 is 0. The van der Waals surface area contributed by atoms with Crippen LogP contribution in [0.15, 0.2) is 0 Å². The van der Waals surface area contributed by atoms with Gasteiger partial charge in [0.15, 0.2) is 0 Å². The van der Waals surface area contributed by atoms with Gasteiger partial charge in [-0.3, -0.25) is 4.79 Å². The molecule has 0 unspecified atom stereocenters. The van der Waals surface area contributed by atoms with E-state index in [9.17, 15) is 10.1 Å². The average Bonchev–Trinajstić information content (AvgIpc) is 2.90. The van der Waals surface area contributed by atoms with Gasteiger partial charge in [0.2, 0.25) is 0 Å². The molecular formula is C32H55NO2. The Morgan fingerprint density at radius 2 is 1.34 bits per heavy atom. The molecule has 0 bridgehead atoms. The Hall–Kier alpha value is -1.04. The Kier molecular flexibility index (Phi) is 12.4. The van der Waals surface area contributed by atoms with Crippen molar-refractivity contribution in [1.82, 2.24) is 0 Å². The van der Waals surface area contributed by atoms with E-state index >= 15 is 0 Å². The van der Waals surface area contributed by atoms with Gasteiger partial charge >= 0.3 is 5.97 Å². The highest BCUT2D eigenvalue weighted by molar-refractivity contribution is 5.72. The Morgan fingerprint density at radius 3 is 1.94 bits per heavy atom. The summed E-state index contributed by atoms with van der Waals surface area (Å²) in [6.07, 6.45) is 26.8. The van der Waals surface area contributed by atoms with E-state index in [1.54, 1.807) is 0 Å². The van der Waals surface area contributed by atoms with Crippen molar-refractivity contribution < 1.29 is 9.53 Å². The molecule has 3 aliphatic carbocycles. The zero-order valence-electron chi connectivity index (χ0n) is 23.2. The van der Waals surface area contributed by atoms with Crippen molar-refractivity contribution in [3.8, 4) is 6.07 Å². The minimum absolute atomic E-state index is 0.0461. The number of unbranched alkanes of at least 4 members (excludes halogenated alkanes) is 6. The molecule has 0 spiro atoms. The van der Waals surface area contributed by atoms with E-state index in [0.717, 1.165) is 62.7 Å². The van der Waals surface area contributed by atoms with E-state index < -0.39 is 0 Å². The van der Waals surface area contributed by atoms with E-state index in [1.807, 2.05) is 0 Å². The molecule has 0 heterocycles. The fourth-order valence-electron chi connectivity index (χ4n) is 7.46. The molecule has 3 fully saturated rings. The lowest BCUT2D eigenvalue weighted by atomic mass is 9.68. The second kappa shape index (κ2) is 15.3. The van der Waals surface area contributed by atoms with Gasteiger partial charge in [0.25, 0.3) is 0 Å². The summed E-state index contributed by atoms with van der Waals surface area (Å²) in [6.45, 7) is 4.54. The predicted octanol–water partition coefficient (Wildman–Crippen LogP) is 9.54. The second-order valence-corrected chi connectivity index (χ2v) is 12.6. The van der Waals surface area contributed by atoms with Crippen molar-refractivity contribution in [2.75, 3.05) is 0 Å². The monoisotopic (exact) mass is 485 g/mol. The molecule has 0 aromatic heterocycles. The number of hydrogen-bond acceptors (Lipinski definition) is 3. The molecule has 35 heavy (non-hydrogen) atoms. The van der Waals surface area contributed by atoms with Gasteiger partial charge in [-0.1, -0.05) is 84.5 Å². The van der Waals surface area contributed by atoms with Crippen LogP contribution in [0, 0.1) is 40.4 Å². The summed E-state index contributed by atoms with van der Waals surface area (Å²) < 4.78 is 6.02. The topological polar surface area (TPSA) is 50.1 Å². The van der Waals surface area contributed by atoms with Gasteiger partial charge < -0.3 is 4.74 Å². The Morgan fingerprint density at radius 1 is 0.771 bits per heavy atom. The van der Waals surface area contributed by atoms with Crippen molar-refractivity contribution in [2.45, 2.75) is 161 Å². The van der Waals surface area contributed by atoms with E-state index in [2.05, 4.69) is 19.9 Å². The minimum atomic E-state index is -0.164. The van der Waals surface area contributed by atoms with Gasteiger partial charge in [-0.2, -0.15) is 5.26 Å². The maximum Gasteiger partial charge on any atom is 0.309 e. The van der Waals surface area contributed by atoms with Crippen LogP contribution >= 0.6 is 0 Å². The first-order valence-electron chi connectivity index (χ1n) is 15.7. The van der Waals surface area contributed by atoms with Crippen LogP contribution in [0.25, 0.3) is 0 Å². The normalized spacial score (nSPS) is 33.7. The molecule has 0 radical (unpaired) electrons. The van der Waals surface area contributed by atoms with E-state index in [4.69, 9.17) is 4.74 Å². The van der Waals surface area contributed by atoms with Crippen LogP contribution in [-0.4, -0.2) is 12.1 Å². The largest absolute Gasteiger partial charge is 0.462 e. The number of carbonyl (C=O) groups excluding carboxylic acids is 1. The average molecular weight is 486 g/mol. The summed E-state index contributed by atoms with van der Waals surface area (Å²) in [7, 11) is 0. The Labute approximate surface area is 217 Å². The number of ether oxygens (including phenoxy) is 1.